The van der Waals surface area contributed by atoms with Crippen LogP contribution in [-0.2, 0) is 14.3 Å². The Hall–Kier alpha value is -1.15. The van der Waals surface area contributed by atoms with Crippen molar-refractivity contribution in [1.29, 1.82) is 0 Å². The number of aliphatic imine (C=N–C) groups is 1. The van der Waals surface area contributed by atoms with Crippen molar-refractivity contribution >= 4 is 12.0 Å². The van der Waals surface area contributed by atoms with Gasteiger partial charge < -0.3 is 4.74 Å². The Morgan fingerprint density at radius 3 is 2.50 bits per heavy atom. The van der Waals surface area contributed by atoms with E-state index < -0.39 is 5.41 Å². The lowest BCUT2D eigenvalue weighted by Crippen LogP contribution is -2.43. The molecule has 1 rings (SSSR count). The molecule has 0 amide bonds. The predicted molar refractivity (Wildman–Crippen MR) is 59.7 cm³/mol. The van der Waals surface area contributed by atoms with E-state index in [-0.39, 0.29) is 17.4 Å². The summed E-state index contributed by atoms with van der Waals surface area (Å²) in [4.78, 5) is 25.9. The molecule has 0 saturated heterocycles. The van der Waals surface area contributed by atoms with Gasteiger partial charge in [-0.25, -0.2) is 9.79 Å². The maximum Gasteiger partial charge on any atom is 0.311 e. The normalized spacial score (nSPS) is 32.6. The molecule has 16 heavy (non-hydrogen) atoms. The first kappa shape index (κ1) is 12.9. The largest absolute Gasteiger partial charge is 0.469 e. The number of carbonyl (C=O) groups excluding carboxylic acids is 2. The van der Waals surface area contributed by atoms with Gasteiger partial charge in [0, 0.05) is 0 Å². The lowest BCUT2D eigenvalue weighted by atomic mass is 9.63. The molecule has 1 aliphatic carbocycles. The van der Waals surface area contributed by atoms with Crippen LogP contribution in [0, 0.1) is 10.8 Å². The van der Waals surface area contributed by atoms with Crippen LogP contribution in [0.3, 0.4) is 0 Å². The third-order valence-electron chi connectivity index (χ3n) is 3.26. The average molecular weight is 225 g/mol. The summed E-state index contributed by atoms with van der Waals surface area (Å²) in [5.74, 6) is -0.216. The van der Waals surface area contributed by atoms with E-state index in [2.05, 4.69) is 18.8 Å². The van der Waals surface area contributed by atoms with Crippen LogP contribution in [0.1, 0.15) is 40.0 Å². The Balaban J connectivity index is 2.95. The molecule has 1 saturated carbocycles. The topological polar surface area (TPSA) is 55.7 Å². The molecule has 1 aliphatic rings. The molecule has 0 aromatic carbocycles. The van der Waals surface area contributed by atoms with Gasteiger partial charge >= 0.3 is 5.97 Å². The molecular formula is C12H19NO3. The maximum absolute atomic E-state index is 11.8. The van der Waals surface area contributed by atoms with Gasteiger partial charge in [0.2, 0.25) is 6.08 Å². The van der Waals surface area contributed by atoms with E-state index in [0.717, 1.165) is 12.8 Å². The SMILES string of the molecule is COC(=O)C1(C)CC(N=C=O)CC(C)(C)C1. The number of isocyanates is 1. The minimum absolute atomic E-state index is 0.00773. The zero-order valence-electron chi connectivity index (χ0n) is 10.4. The van der Waals surface area contributed by atoms with E-state index in [1.165, 1.54) is 7.11 Å². The molecule has 90 valence electrons. The third-order valence-corrected chi connectivity index (χ3v) is 3.26. The van der Waals surface area contributed by atoms with Crippen LogP contribution in [0.25, 0.3) is 0 Å². The average Bonchev–Trinajstić information content (AvgIpc) is 2.13. The van der Waals surface area contributed by atoms with Gasteiger partial charge in [-0.2, -0.15) is 0 Å². The van der Waals surface area contributed by atoms with E-state index in [1.807, 2.05) is 6.92 Å². The van der Waals surface area contributed by atoms with E-state index in [0.29, 0.717) is 6.42 Å². The third kappa shape index (κ3) is 2.70. The highest BCUT2D eigenvalue weighted by Crippen LogP contribution is 2.47. The Labute approximate surface area is 96.1 Å². The van der Waals surface area contributed by atoms with Crippen molar-refractivity contribution in [1.82, 2.24) is 0 Å². The van der Waals surface area contributed by atoms with E-state index in [4.69, 9.17) is 4.74 Å². The smallest absolute Gasteiger partial charge is 0.311 e. The molecule has 0 aliphatic heterocycles. The van der Waals surface area contributed by atoms with Gasteiger partial charge in [-0.15, -0.1) is 0 Å². The molecule has 0 radical (unpaired) electrons. The summed E-state index contributed by atoms with van der Waals surface area (Å²) in [6, 6.07) is -0.120. The molecule has 0 aromatic heterocycles. The number of carbonyl (C=O) groups is 1. The number of esters is 1. The Bertz CT molecular complexity index is 331. The van der Waals surface area contributed by atoms with Crippen molar-refractivity contribution in [2.75, 3.05) is 7.11 Å². The minimum Gasteiger partial charge on any atom is -0.469 e. The van der Waals surface area contributed by atoms with Gasteiger partial charge in [-0.05, 0) is 31.6 Å². The Kier molecular flexibility index (Phi) is 3.54. The van der Waals surface area contributed by atoms with E-state index in [1.54, 1.807) is 6.08 Å². The Morgan fingerprint density at radius 2 is 2.00 bits per heavy atom. The molecular weight excluding hydrogens is 206 g/mol. The fourth-order valence-electron chi connectivity index (χ4n) is 3.00. The highest BCUT2D eigenvalue weighted by molar-refractivity contribution is 5.76. The van der Waals surface area contributed by atoms with Crippen molar-refractivity contribution in [3.63, 3.8) is 0 Å². The van der Waals surface area contributed by atoms with E-state index in [9.17, 15) is 9.59 Å². The van der Waals surface area contributed by atoms with Crippen LogP contribution in [0.15, 0.2) is 4.99 Å². The number of rotatable bonds is 2. The first-order chi connectivity index (χ1) is 7.33. The zero-order chi connectivity index (χ0) is 12.4. The summed E-state index contributed by atoms with van der Waals surface area (Å²) in [5, 5.41) is 0. The first-order valence-corrected chi connectivity index (χ1v) is 5.48. The van der Waals surface area contributed by atoms with Crippen LogP contribution in [0.5, 0.6) is 0 Å². The highest BCUT2D eigenvalue weighted by Gasteiger charge is 2.46. The van der Waals surface area contributed by atoms with Crippen molar-refractivity contribution in [2.45, 2.75) is 46.1 Å². The lowest BCUT2D eigenvalue weighted by Gasteiger charge is -2.43. The van der Waals surface area contributed by atoms with Crippen molar-refractivity contribution in [3.05, 3.63) is 0 Å². The molecule has 0 spiro atoms. The highest BCUT2D eigenvalue weighted by atomic mass is 16.5. The molecule has 0 bridgehead atoms. The van der Waals surface area contributed by atoms with Crippen LogP contribution in [-0.4, -0.2) is 25.2 Å². The molecule has 2 unspecified atom stereocenters. The first-order valence-electron chi connectivity index (χ1n) is 5.48. The molecule has 4 nitrogen and oxygen atoms in total. The summed E-state index contributed by atoms with van der Waals surface area (Å²) >= 11 is 0. The molecule has 4 heteroatoms. The van der Waals surface area contributed by atoms with Crippen molar-refractivity contribution in [3.8, 4) is 0 Å². The van der Waals surface area contributed by atoms with Gasteiger partial charge in [0.1, 0.15) is 0 Å². The van der Waals surface area contributed by atoms with Gasteiger partial charge in [0.25, 0.3) is 0 Å². The number of ether oxygens (including phenoxy) is 1. The maximum atomic E-state index is 11.8. The summed E-state index contributed by atoms with van der Waals surface area (Å²) in [6.07, 6.45) is 3.74. The quantitative estimate of drug-likeness (QED) is 0.410. The summed E-state index contributed by atoms with van der Waals surface area (Å²) in [6.45, 7) is 6.05. The zero-order valence-corrected chi connectivity index (χ0v) is 10.4. The Morgan fingerprint density at radius 1 is 1.38 bits per heavy atom. The van der Waals surface area contributed by atoms with Gasteiger partial charge in [-0.1, -0.05) is 13.8 Å². The summed E-state index contributed by atoms with van der Waals surface area (Å²) in [7, 11) is 1.40. The van der Waals surface area contributed by atoms with Crippen LogP contribution < -0.4 is 0 Å². The summed E-state index contributed by atoms with van der Waals surface area (Å²) in [5.41, 5.74) is -0.548. The minimum atomic E-state index is -0.540. The molecule has 1 fully saturated rings. The van der Waals surface area contributed by atoms with E-state index >= 15 is 0 Å². The lowest BCUT2D eigenvalue weighted by molar-refractivity contribution is -0.156. The van der Waals surface area contributed by atoms with Crippen LogP contribution in [0.4, 0.5) is 0 Å². The second-order valence-electron chi connectivity index (χ2n) is 5.68. The van der Waals surface area contributed by atoms with Crippen LogP contribution >= 0.6 is 0 Å². The van der Waals surface area contributed by atoms with Gasteiger partial charge in [-0.3, -0.25) is 4.79 Å². The second-order valence-corrected chi connectivity index (χ2v) is 5.68. The number of methoxy groups -OCH3 is 1. The fraction of sp³-hybridized carbons (Fsp3) is 0.833. The fourth-order valence-corrected chi connectivity index (χ4v) is 3.00. The molecule has 2 atom stereocenters. The molecule has 0 heterocycles. The standard InChI is InChI=1S/C12H19NO3/c1-11(2)5-9(13-8-14)6-12(3,7-11)10(15)16-4/h9H,5-7H2,1-4H3. The predicted octanol–water partition coefficient (Wildman–Crippen LogP) is 2.08. The van der Waals surface area contributed by atoms with Gasteiger partial charge in [0.15, 0.2) is 0 Å². The van der Waals surface area contributed by atoms with Crippen LogP contribution in [0.2, 0.25) is 0 Å². The van der Waals surface area contributed by atoms with Crippen molar-refractivity contribution < 1.29 is 14.3 Å². The summed E-state index contributed by atoms with van der Waals surface area (Å²) < 4.78 is 4.83. The number of hydrogen-bond acceptors (Lipinski definition) is 4. The van der Waals surface area contributed by atoms with Gasteiger partial charge in [0.05, 0.1) is 18.6 Å². The monoisotopic (exact) mass is 225 g/mol. The number of hydrogen-bond donors (Lipinski definition) is 0. The van der Waals surface area contributed by atoms with Crippen molar-refractivity contribution in [2.24, 2.45) is 15.8 Å². The second kappa shape index (κ2) is 4.38. The molecule has 0 aromatic rings. The molecule has 0 N–H and O–H groups in total. The number of nitrogens with zero attached hydrogens (tertiary/aromatic N) is 1.